The summed E-state index contributed by atoms with van der Waals surface area (Å²) in [4.78, 5) is 0. The van der Waals surface area contributed by atoms with Crippen molar-refractivity contribution in [3.8, 4) is 6.07 Å². The van der Waals surface area contributed by atoms with Crippen molar-refractivity contribution < 1.29 is 9.47 Å². The lowest BCUT2D eigenvalue weighted by Crippen LogP contribution is -2.29. The number of ether oxygens (including phenoxy) is 2. The van der Waals surface area contributed by atoms with Gasteiger partial charge in [0.25, 0.3) is 0 Å². The first kappa shape index (κ1) is 13.7. The van der Waals surface area contributed by atoms with Gasteiger partial charge in [0, 0.05) is 40.1 Å². The molecule has 17 heavy (non-hydrogen) atoms. The van der Waals surface area contributed by atoms with Crippen molar-refractivity contribution in [2.45, 2.75) is 19.8 Å². The average molecular weight is 237 g/mol. The number of nitrogens with zero attached hydrogens (tertiary/aromatic N) is 2. The maximum Gasteiger partial charge on any atom is 0.169 e. The lowest BCUT2D eigenvalue weighted by Gasteiger charge is -2.13. The maximum absolute atomic E-state index is 8.91. The van der Waals surface area contributed by atoms with E-state index in [4.69, 9.17) is 14.7 Å². The second-order valence-electron chi connectivity index (χ2n) is 3.84. The second-order valence-corrected chi connectivity index (χ2v) is 3.84. The Morgan fingerprint density at radius 3 is 2.59 bits per heavy atom. The van der Waals surface area contributed by atoms with Crippen LogP contribution in [0, 0.1) is 18.3 Å². The Morgan fingerprint density at radius 2 is 2.12 bits per heavy atom. The third-order valence-corrected chi connectivity index (χ3v) is 2.91. The maximum atomic E-state index is 8.91. The van der Waals surface area contributed by atoms with E-state index in [0.717, 1.165) is 11.3 Å². The summed E-state index contributed by atoms with van der Waals surface area (Å²) < 4.78 is 12.0. The normalized spacial score (nSPS) is 10.8. The molecule has 5 nitrogen and oxygen atoms in total. The van der Waals surface area contributed by atoms with Crippen LogP contribution in [0.2, 0.25) is 0 Å². The number of aromatic nitrogens is 1. The molecule has 0 radical (unpaired) electrons. The number of methoxy groups -OCH3 is 2. The Bertz CT molecular complexity index is 403. The van der Waals surface area contributed by atoms with Crippen LogP contribution in [-0.2, 0) is 23.1 Å². The van der Waals surface area contributed by atoms with Crippen LogP contribution in [0.4, 0.5) is 0 Å². The lowest BCUT2D eigenvalue weighted by molar-refractivity contribution is -0.0989. The largest absolute Gasteiger partial charge is 0.355 e. The molecule has 0 saturated carbocycles. The van der Waals surface area contributed by atoms with E-state index in [2.05, 4.69) is 11.4 Å². The minimum absolute atomic E-state index is 0.241. The molecule has 0 aliphatic rings. The van der Waals surface area contributed by atoms with Gasteiger partial charge in [-0.2, -0.15) is 5.26 Å². The van der Waals surface area contributed by atoms with Crippen LogP contribution in [0.1, 0.15) is 17.0 Å². The van der Waals surface area contributed by atoms with Gasteiger partial charge in [0.2, 0.25) is 0 Å². The molecule has 0 aromatic carbocycles. The Kier molecular flexibility index (Phi) is 5.16. The van der Waals surface area contributed by atoms with Crippen LogP contribution >= 0.6 is 0 Å². The summed E-state index contributed by atoms with van der Waals surface area (Å²) in [5, 5.41) is 12.2. The van der Waals surface area contributed by atoms with Gasteiger partial charge in [-0.15, -0.1) is 0 Å². The molecule has 0 spiro atoms. The molecule has 0 aliphatic heterocycles. The van der Waals surface area contributed by atoms with Crippen LogP contribution in [0.3, 0.4) is 0 Å². The monoisotopic (exact) mass is 237 g/mol. The Balaban J connectivity index is 2.56. The van der Waals surface area contributed by atoms with Gasteiger partial charge in [0.05, 0.1) is 0 Å². The Labute approximate surface area is 102 Å². The third-order valence-electron chi connectivity index (χ3n) is 2.91. The fraction of sp³-hybridized carbons (Fsp3) is 0.583. The molecule has 1 aromatic rings. The van der Waals surface area contributed by atoms with Crippen molar-refractivity contribution in [1.29, 1.82) is 5.26 Å². The van der Waals surface area contributed by atoms with Crippen LogP contribution in [0.15, 0.2) is 6.07 Å². The fourth-order valence-electron chi connectivity index (χ4n) is 1.64. The first-order chi connectivity index (χ1) is 8.13. The number of nitriles is 1. The minimum Gasteiger partial charge on any atom is -0.355 e. The van der Waals surface area contributed by atoms with Crippen molar-refractivity contribution in [3.63, 3.8) is 0 Å². The highest BCUT2D eigenvalue weighted by Crippen LogP contribution is 2.12. The highest BCUT2D eigenvalue weighted by atomic mass is 16.7. The molecular weight excluding hydrogens is 218 g/mol. The molecule has 94 valence electrons. The first-order valence-electron chi connectivity index (χ1n) is 5.45. The topological polar surface area (TPSA) is 59.2 Å². The fourth-order valence-corrected chi connectivity index (χ4v) is 1.64. The highest BCUT2D eigenvalue weighted by molar-refractivity contribution is 5.33. The predicted molar refractivity (Wildman–Crippen MR) is 64.4 cm³/mol. The highest BCUT2D eigenvalue weighted by Gasteiger charge is 2.09. The second kappa shape index (κ2) is 6.40. The van der Waals surface area contributed by atoms with Gasteiger partial charge < -0.3 is 19.4 Å². The molecule has 1 N–H and O–H groups in total. The van der Waals surface area contributed by atoms with Gasteiger partial charge in [-0.05, 0) is 18.6 Å². The Hall–Kier alpha value is -1.35. The summed E-state index contributed by atoms with van der Waals surface area (Å²) in [7, 11) is 5.11. The third kappa shape index (κ3) is 3.30. The molecule has 1 heterocycles. The molecular formula is C12H19N3O2. The zero-order valence-electron chi connectivity index (χ0n) is 10.8. The van der Waals surface area contributed by atoms with Crippen molar-refractivity contribution >= 4 is 0 Å². The van der Waals surface area contributed by atoms with Crippen LogP contribution < -0.4 is 5.32 Å². The number of hydrogen-bond donors (Lipinski definition) is 1. The molecule has 1 rings (SSSR count). The lowest BCUT2D eigenvalue weighted by atomic mass is 10.2. The van der Waals surface area contributed by atoms with E-state index >= 15 is 0 Å². The summed E-state index contributed by atoms with van der Waals surface area (Å²) >= 11 is 0. The molecule has 5 heteroatoms. The van der Waals surface area contributed by atoms with E-state index in [0.29, 0.717) is 18.8 Å². The summed E-state index contributed by atoms with van der Waals surface area (Å²) in [6.45, 7) is 3.32. The molecule has 0 saturated heterocycles. The SMILES string of the molecule is COC(CNCc1cc(C#N)n(C)c1C)OC. The molecule has 0 bridgehead atoms. The van der Waals surface area contributed by atoms with Crippen LogP contribution in [0.25, 0.3) is 0 Å². The predicted octanol–water partition coefficient (Wildman–Crippen LogP) is 0.914. The number of hydrogen-bond acceptors (Lipinski definition) is 4. The van der Waals surface area contributed by atoms with E-state index < -0.39 is 0 Å². The van der Waals surface area contributed by atoms with Crippen molar-refractivity contribution in [1.82, 2.24) is 9.88 Å². The van der Waals surface area contributed by atoms with Crippen molar-refractivity contribution in [2.75, 3.05) is 20.8 Å². The number of rotatable bonds is 6. The van der Waals surface area contributed by atoms with Gasteiger partial charge >= 0.3 is 0 Å². The zero-order chi connectivity index (χ0) is 12.8. The molecule has 0 aliphatic carbocycles. The first-order valence-corrected chi connectivity index (χ1v) is 5.45. The van der Waals surface area contributed by atoms with Crippen molar-refractivity contribution in [3.05, 3.63) is 23.0 Å². The standard InChI is InChI=1S/C12H19N3O2/c1-9-10(5-11(6-13)15(9)2)7-14-8-12(16-3)17-4/h5,12,14H,7-8H2,1-4H3. The van der Waals surface area contributed by atoms with E-state index in [1.54, 1.807) is 14.2 Å². The van der Waals surface area contributed by atoms with E-state index in [9.17, 15) is 0 Å². The van der Waals surface area contributed by atoms with Gasteiger partial charge in [0.15, 0.2) is 6.29 Å². The molecule has 0 fully saturated rings. The van der Waals surface area contributed by atoms with Crippen molar-refractivity contribution in [2.24, 2.45) is 7.05 Å². The number of nitrogens with one attached hydrogen (secondary N) is 1. The smallest absolute Gasteiger partial charge is 0.169 e. The van der Waals surface area contributed by atoms with Crippen LogP contribution in [0.5, 0.6) is 0 Å². The average Bonchev–Trinajstić information content (AvgIpc) is 2.62. The van der Waals surface area contributed by atoms with Gasteiger partial charge in [-0.1, -0.05) is 0 Å². The summed E-state index contributed by atoms with van der Waals surface area (Å²) in [6, 6.07) is 4.06. The molecule has 0 unspecified atom stereocenters. The summed E-state index contributed by atoms with van der Waals surface area (Å²) in [6.07, 6.45) is -0.241. The minimum atomic E-state index is -0.241. The van der Waals surface area contributed by atoms with Crippen LogP contribution in [-0.4, -0.2) is 31.6 Å². The van der Waals surface area contributed by atoms with E-state index in [-0.39, 0.29) is 6.29 Å². The zero-order valence-corrected chi connectivity index (χ0v) is 10.8. The molecule has 0 atom stereocenters. The van der Waals surface area contributed by atoms with Gasteiger partial charge in [-0.3, -0.25) is 0 Å². The Morgan fingerprint density at radius 1 is 1.47 bits per heavy atom. The summed E-state index contributed by atoms with van der Waals surface area (Å²) in [5.41, 5.74) is 2.89. The quantitative estimate of drug-likeness (QED) is 0.747. The van der Waals surface area contributed by atoms with Gasteiger partial charge in [0.1, 0.15) is 11.8 Å². The molecule has 1 aromatic heterocycles. The summed E-state index contributed by atoms with van der Waals surface area (Å²) in [5.74, 6) is 0. The molecule has 0 amide bonds. The van der Waals surface area contributed by atoms with Gasteiger partial charge in [-0.25, -0.2) is 0 Å². The van der Waals surface area contributed by atoms with E-state index in [1.165, 1.54) is 0 Å². The van der Waals surface area contributed by atoms with E-state index in [1.807, 2.05) is 24.6 Å².